The molecule has 0 saturated carbocycles. The molecule has 0 fully saturated rings. The Hall–Kier alpha value is -2.65. The van der Waals surface area contributed by atoms with Crippen LogP contribution in [0.4, 0.5) is 4.39 Å². The minimum absolute atomic E-state index is 0.0211. The Morgan fingerprint density at radius 3 is 2.80 bits per heavy atom. The van der Waals surface area contributed by atoms with Crippen molar-refractivity contribution in [1.29, 1.82) is 0 Å². The number of ketones is 1. The highest BCUT2D eigenvalue weighted by Crippen LogP contribution is 2.26. The van der Waals surface area contributed by atoms with Crippen molar-refractivity contribution >= 4 is 17.5 Å². The minimum atomic E-state index is -0.626. The molecular formula is C21H24FN3O4S. The molecule has 1 aromatic carbocycles. The fraction of sp³-hybridized carbons (Fsp3) is 0.381. The second-order valence-electron chi connectivity index (χ2n) is 6.74. The number of thioether (sulfide) groups is 1. The van der Waals surface area contributed by atoms with E-state index in [-0.39, 0.29) is 28.4 Å². The van der Waals surface area contributed by atoms with E-state index in [1.807, 2.05) is 19.9 Å². The van der Waals surface area contributed by atoms with Gasteiger partial charge in [0, 0.05) is 30.6 Å². The van der Waals surface area contributed by atoms with Gasteiger partial charge >= 0.3 is 0 Å². The Labute approximate surface area is 178 Å². The van der Waals surface area contributed by atoms with Crippen LogP contribution < -0.4 is 4.74 Å². The summed E-state index contributed by atoms with van der Waals surface area (Å²) in [4.78, 5) is 12.7. The summed E-state index contributed by atoms with van der Waals surface area (Å²) in [5.41, 5.74) is 2.59. The van der Waals surface area contributed by atoms with Gasteiger partial charge in [0.25, 0.3) is 11.1 Å². The van der Waals surface area contributed by atoms with Gasteiger partial charge < -0.3 is 18.5 Å². The summed E-state index contributed by atoms with van der Waals surface area (Å²) in [5, 5.41) is 8.16. The number of carbonyl (C=O) groups is 1. The zero-order valence-corrected chi connectivity index (χ0v) is 18.2. The molecule has 9 heteroatoms. The number of Topliss-reactive ketones (excluding diaryl/α,β-unsaturated/α-hetero) is 1. The molecule has 0 spiro atoms. The maximum atomic E-state index is 13.7. The van der Waals surface area contributed by atoms with Crippen LogP contribution in [0.1, 0.15) is 40.7 Å². The van der Waals surface area contributed by atoms with Gasteiger partial charge in [-0.1, -0.05) is 23.9 Å². The van der Waals surface area contributed by atoms with Crippen molar-refractivity contribution in [2.24, 2.45) is 0 Å². The van der Waals surface area contributed by atoms with Crippen molar-refractivity contribution in [1.82, 2.24) is 14.8 Å². The predicted molar refractivity (Wildman–Crippen MR) is 111 cm³/mol. The molecule has 3 aromatic rings. The smallest absolute Gasteiger partial charge is 0.277 e. The number of aryl methyl sites for hydroxylation is 1. The molecule has 0 amide bonds. The lowest BCUT2D eigenvalue weighted by molar-refractivity contribution is 0.102. The first-order chi connectivity index (χ1) is 14.4. The van der Waals surface area contributed by atoms with Gasteiger partial charge in [0.2, 0.25) is 0 Å². The Bertz CT molecular complexity index is 1020. The first-order valence-corrected chi connectivity index (χ1v) is 10.5. The van der Waals surface area contributed by atoms with Crippen molar-refractivity contribution in [2.45, 2.75) is 38.6 Å². The first kappa shape index (κ1) is 22.0. The average Bonchev–Trinajstić information content (AvgIpc) is 3.31. The number of hydrogen-bond acceptors (Lipinski definition) is 7. The standard InChI is InChI=1S/C21H24FN3O4S/c1-13-11-16(14(2)25(13)9-10-27-4)18(26)12-30-21-24-23-20(29-21)15(3)28-19-8-6-5-7-17(19)22/h5-8,11,15H,9-10,12H2,1-4H3/t15-/m1/s1. The Morgan fingerprint density at radius 2 is 2.07 bits per heavy atom. The van der Waals surface area contributed by atoms with Gasteiger partial charge in [0.05, 0.1) is 12.4 Å². The molecule has 0 aliphatic heterocycles. The molecule has 2 aromatic heterocycles. The van der Waals surface area contributed by atoms with E-state index in [9.17, 15) is 9.18 Å². The molecule has 7 nitrogen and oxygen atoms in total. The molecule has 1 atom stereocenters. The number of benzene rings is 1. The molecule has 30 heavy (non-hydrogen) atoms. The van der Waals surface area contributed by atoms with E-state index < -0.39 is 11.9 Å². The SMILES string of the molecule is COCCn1c(C)cc(C(=O)CSc2nnc([C@@H](C)Oc3ccccc3F)o2)c1C. The lowest BCUT2D eigenvalue weighted by Gasteiger charge is -2.11. The van der Waals surface area contributed by atoms with E-state index >= 15 is 0 Å². The van der Waals surface area contributed by atoms with Crippen molar-refractivity contribution in [3.8, 4) is 5.75 Å². The molecule has 0 aliphatic carbocycles. The van der Waals surface area contributed by atoms with Crippen molar-refractivity contribution < 1.29 is 23.1 Å². The van der Waals surface area contributed by atoms with E-state index in [0.717, 1.165) is 23.1 Å². The van der Waals surface area contributed by atoms with E-state index in [1.165, 1.54) is 12.1 Å². The van der Waals surface area contributed by atoms with Gasteiger partial charge in [-0.15, -0.1) is 10.2 Å². The van der Waals surface area contributed by atoms with Crippen LogP contribution in [0.2, 0.25) is 0 Å². The number of halogens is 1. The van der Waals surface area contributed by atoms with Crippen LogP contribution in [0, 0.1) is 19.7 Å². The Balaban J connectivity index is 1.60. The summed E-state index contributed by atoms with van der Waals surface area (Å²) in [6.45, 7) is 6.85. The molecule has 0 saturated heterocycles. The lowest BCUT2D eigenvalue weighted by Crippen LogP contribution is -2.09. The zero-order chi connectivity index (χ0) is 21.7. The molecular weight excluding hydrogens is 409 g/mol. The highest BCUT2D eigenvalue weighted by atomic mass is 32.2. The van der Waals surface area contributed by atoms with E-state index in [1.54, 1.807) is 26.2 Å². The molecule has 0 aliphatic rings. The van der Waals surface area contributed by atoms with Gasteiger partial charge in [-0.2, -0.15) is 0 Å². The molecule has 2 heterocycles. The third-order valence-corrected chi connectivity index (χ3v) is 5.45. The van der Waals surface area contributed by atoms with E-state index in [2.05, 4.69) is 14.8 Å². The van der Waals surface area contributed by atoms with Crippen LogP contribution >= 0.6 is 11.8 Å². The number of ether oxygens (including phenoxy) is 2. The van der Waals surface area contributed by atoms with Crippen LogP contribution in [0.3, 0.4) is 0 Å². The zero-order valence-electron chi connectivity index (χ0n) is 17.3. The molecule has 3 rings (SSSR count). The second-order valence-corrected chi connectivity index (χ2v) is 7.66. The minimum Gasteiger partial charge on any atom is -0.478 e. The maximum Gasteiger partial charge on any atom is 0.277 e. The summed E-state index contributed by atoms with van der Waals surface area (Å²) in [6, 6.07) is 7.99. The summed E-state index contributed by atoms with van der Waals surface area (Å²) >= 11 is 1.16. The van der Waals surface area contributed by atoms with Gasteiger partial charge in [-0.05, 0) is 39.0 Å². The van der Waals surface area contributed by atoms with Crippen molar-refractivity contribution in [3.63, 3.8) is 0 Å². The Kier molecular flexibility index (Phi) is 7.28. The molecule has 0 bridgehead atoms. The van der Waals surface area contributed by atoms with Crippen LogP contribution in [0.5, 0.6) is 5.75 Å². The van der Waals surface area contributed by atoms with E-state index in [0.29, 0.717) is 18.7 Å². The van der Waals surface area contributed by atoms with Crippen LogP contribution in [-0.4, -0.2) is 40.0 Å². The fourth-order valence-corrected chi connectivity index (χ4v) is 3.69. The fourth-order valence-electron chi connectivity index (χ4n) is 3.04. The normalized spacial score (nSPS) is 12.2. The topological polar surface area (TPSA) is 79.4 Å². The largest absolute Gasteiger partial charge is 0.478 e. The summed E-state index contributed by atoms with van der Waals surface area (Å²) < 4.78 is 32.0. The molecule has 0 radical (unpaired) electrons. The second kappa shape index (κ2) is 9.90. The number of aromatic nitrogens is 3. The number of methoxy groups -OCH3 is 1. The number of rotatable bonds is 10. The average molecular weight is 434 g/mol. The van der Waals surface area contributed by atoms with Gasteiger partial charge in [-0.25, -0.2) is 4.39 Å². The molecule has 0 unspecified atom stereocenters. The highest BCUT2D eigenvalue weighted by Gasteiger charge is 2.20. The monoisotopic (exact) mass is 433 g/mol. The number of para-hydroxylation sites is 1. The maximum absolute atomic E-state index is 13.7. The summed E-state index contributed by atoms with van der Waals surface area (Å²) in [6.07, 6.45) is -0.626. The lowest BCUT2D eigenvalue weighted by atomic mass is 10.2. The van der Waals surface area contributed by atoms with Gasteiger partial charge in [0.1, 0.15) is 0 Å². The third-order valence-electron chi connectivity index (χ3n) is 4.63. The summed E-state index contributed by atoms with van der Waals surface area (Å²) in [5.74, 6) is 0.000329. The molecule has 0 N–H and O–H groups in total. The highest BCUT2D eigenvalue weighted by molar-refractivity contribution is 7.99. The van der Waals surface area contributed by atoms with Gasteiger partial charge in [0.15, 0.2) is 23.5 Å². The van der Waals surface area contributed by atoms with Crippen molar-refractivity contribution in [3.05, 3.63) is 59.0 Å². The number of nitrogens with zero attached hydrogens (tertiary/aromatic N) is 3. The van der Waals surface area contributed by atoms with Gasteiger partial charge in [-0.3, -0.25) is 4.79 Å². The number of carbonyl (C=O) groups excluding carboxylic acids is 1. The van der Waals surface area contributed by atoms with Crippen LogP contribution in [-0.2, 0) is 11.3 Å². The third kappa shape index (κ3) is 5.09. The van der Waals surface area contributed by atoms with E-state index in [4.69, 9.17) is 13.9 Å². The molecule has 160 valence electrons. The Morgan fingerprint density at radius 1 is 1.30 bits per heavy atom. The first-order valence-electron chi connectivity index (χ1n) is 9.47. The van der Waals surface area contributed by atoms with Crippen LogP contribution in [0.15, 0.2) is 40.0 Å². The number of hydrogen-bond donors (Lipinski definition) is 0. The predicted octanol–water partition coefficient (Wildman–Crippen LogP) is 4.39. The van der Waals surface area contributed by atoms with Crippen LogP contribution in [0.25, 0.3) is 0 Å². The summed E-state index contributed by atoms with van der Waals surface area (Å²) in [7, 11) is 1.65. The van der Waals surface area contributed by atoms with Crippen molar-refractivity contribution in [2.75, 3.05) is 19.5 Å². The quantitative estimate of drug-likeness (QED) is 0.347.